The number of nitrogens with one attached hydrogen (secondary N) is 2. The average Bonchev–Trinajstić information content (AvgIpc) is 3.36. The number of nitrogens with zero attached hydrogens (tertiary/aromatic N) is 4. The van der Waals surface area contributed by atoms with Crippen molar-refractivity contribution in [2.45, 2.75) is 12.8 Å². The highest BCUT2D eigenvalue weighted by Crippen LogP contribution is 2.34. The van der Waals surface area contributed by atoms with Crippen molar-refractivity contribution in [2.75, 3.05) is 10.6 Å². The molecule has 0 saturated carbocycles. The van der Waals surface area contributed by atoms with Gasteiger partial charge in [-0.15, -0.1) is 0 Å². The molecule has 0 bridgehead atoms. The molecule has 0 aliphatic heterocycles. The van der Waals surface area contributed by atoms with Crippen molar-refractivity contribution in [1.82, 2.24) is 15.0 Å². The predicted octanol–water partition coefficient (Wildman–Crippen LogP) is 3.74. The van der Waals surface area contributed by atoms with Gasteiger partial charge >= 0.3 is 0 Å². The van der Waals surface area contributed by atoms with Crippen LogP contribution in [0.15, 0.2) is 64.8 Å². The lowest BCUT2D eigenvalue weighted by atomic mass is 10.1. The van der Waals surface area contributed by atoms with Gasteiger partial charge in [-0.2, -0.15) is 0 Å². The molecule has 3 heterocycles. The number of oxime groups is 1. The molecule has 9 nitrogen and oxygen atoms in total. The number of carbonyl (C=O) groups is 1. The van der Waals surface area contributed by atoms with Gasteiger partial charge in [0.25, 0.3) is 5.91 Å². The smallest absolute Gasteiger partial charge is 0.294 e. The highest BCUT2D eigenvalue weighted by molar-refractivity contribution is 6.12. The van der Waals surface area contributed by atoms with E-state index in [1.165, 1.54) is 6.33 Å². The maximum atomic E-state index is 12.9. The van der Waals surface area contributed by atoms with Crippen LogP contribution in [0.5, 0.6) is 0 Å². The van der Waals surface area contributed by atoms with Crippen molar-refractivity contribution in [1.29, 1.82) is 0 Å². The van der Waals surface area contributed by atoms with Crippen LogP contribution in [-0.2, 0) is 6.42 Å². The third-order valence-corrected chi connectivity index (χ3v) is 4.96. The second-order valence-corrected chi connectivity index (χ2v) is 6.77. The number of aryl methyl sites for hydroxylation is 1. The molecular formula is C21H16N6O3. The summed E-state index contributed by atoms with van der Waals surface area (Å²) in [7, 11) is 0. The van der Waals surface area contributed by atoms with E-state index >= 15 is 0 Å². The van der Waals surface area contributed by atoms with Gasteiger partial charge in [0.15, 0.2) is 5.58 Å². The monoisotopic (exact) mass is 400 g/mol. The van der Waals surface area contributed by atoms with E-state index in [1.807, 2.05) is 18.2 Å². The van der Waals surface area contributed by atoms with Crippen molar-refractivity contribution >= 4 is 39.8 Å². The molecule has 1 aliphatic carbocycles. The second-order valence-electron chi connectivity index (χ2n) is 6.77. The molecule has 1 aliphatic rings. The zero-order valence-corrected chi connectivity index (χ0v) is 15.7. The van der Waals surface area contributed by atoms with Gasteiger partial charge in [-0.3, -0.25) is 9.78 Å². The first-order valence-corrected chi connectivity index (χ1v) is 9.28. The van der Waals surface area contributed by atoms with Crippen LogP contribution >= 0.6 is 0 Å². The van der Waals surface area contributed by atoms with Crippen LogP contribution in [0.2, 0.25) is 0 Å². The number of anilines is 3. The SMILES string of the molecule is O=C(Nc1ccncn1)c1oc2cnccc2c1Nc1ccc2c(c1)CCC2=NO. The fourth-order valence-corrected chi connectivity index (χ4v) is 3.57. The Balaban J connectivity index is 1.52. The number of fused-ring (bicyclic) bond motifs is 2. The number of hydrogen-bond donors (Lipinski definition) is 3. The van der Waals surface area contributed by atoms with Crippen molar-refractivity contribution in [2.24, 2.45) is 5.16 Å². The van der Waals surface area contributed by atoms with Crippen LogP contribution < -0.4 is 10.6 Å². The van der Waals surface area contributed by atoms with Gasteiger partial charge in [0, 0.05) is 29.0 Å². The van der Waals surface area contributed by atoms with E-state index in [-0.39, 0.29) is 5.76 Å². The number of rotatable bonds is 4. The van der Waals surface area contributed by atoms with E-state index in [9.17, 15) is 4.79 Å². The Morgan fingerprint density at radius 2 is 2.03 bits per heavy atom. The third-order valence-electron chi connectivity index (χ3n) is 4.96. The first-order valence-electron chi connectivity index (χ1n) is 9.28. The maximum absolute atomic E-state index is 12.9. The molecule has 0 saturated heterocycles. The fourth-order valence-electron chi connectivity index (χ4n) is 3.57. The molecule has 148 valence electrons. The molecule has 0 unspecified atom stereocenters. The van der Waals surface area contributed by atoms with E-state index in [4.69, 9.17) is 9.62 Å². The van der Waals surface area contributed by atoms with Gasteiger partial charge in [0.05, 0.1) is 17.6 Å². The summed E-state index contributed by atoms with van der Waals surface area (Å²) in [5.41, 5.74) is 4.52. The van der Waals surface area contributed by atoms with Crippen molar-refractivity contribution in [3.8, 4) is 0 Å². The fraction of sp³-hybridized carbons (Fsp3) is 0.0952. The topological polar surface area (TPSA) is 126 Å². The Kier molecular flexibility index (Phi) is 4.32. The van der Waals surface area contributed by atoms with E-state index in [1.54, 1.807) is 30.7 Å². The highest BCUT2D eigenvalue weighted by Gasteiger charge is 2.23. The van der Waals surface area contributed by atoms with Gasteiger partial charge in [0.1, 0.15) is 12.1 Å². The Morgan fingerprint density at radius 3 is 2.87 bits per heavy atom. The lowest BCUT2D eigenvalue weighted by Crippen LogP contribution is -2.13. The number of aromatic nitrogens is 3. The minimum Gasteiger partial charge on any atom is -0.447 e. The van der Waals surface area contributed by atoms with E-state index in [0.717, 1.165) is 28.6 Å². The number of benzene rings is 1. The van der Waals surface area contributed by atoms with Gasteiger partial charge in [0.2, 0.25) is 5.76 Å². The molecule has 5 rings (SSSR count). The standard InChI is InChI=1S/C21H16N6O3/c28-21(26-18-6-8-23-11-24-18)20-19(15-5-7-22-10-17(15)30-20)25-13-2-3-14-12(9-13)1-4-16(14)27-29/h2-3,5-11,25,29H,1,4H2,(H,23,24,26,28). The lowest BCUT2D eigenvalue weighted by Gasteiger charge is -2.09. The van der Waals surface area contributed by atoms with Crippen LogP contribution in [0.3, 0.4) is 0 Å². The Morgan fingerprint density at radius 1 is 1.13 bits per heavy atom. The van der Waals surface area contributed by atoms with Crippen molar-refractivity contribution in [3.63, 3.8) is 0 Å². The normalized spacial score (nSPS) is 14.1. The lowest BCUT2D eigenvalue weighted by molar-refractivity contribution is 0.0999. The van der Waals surface area contributed by atoms with Crippen LogP contribution in [0.1, 0.15) is 28.1 Å². The number of pyridine rings is 1. The van der Waals surface area contributed by atoms with Gasteiger partial charge in [-0.05, 0) is 42.7 Å². The molecule has 3 N–H and O–H groups in total. The first kappa shape index (κ1) is 17.8. The summed E-state index contributed by atoms with van der Waals surface area (Å²) >= 11 is 0. The molecule has 1 amide bonds. The van der Waals surface area contributed by atoms with Crippen LogP contribution in [-0.4, -0.2) is 31.8 Å². The molecule has 9 heteroatoms. The van der Waals surface area contributed by atoms with Crippen molar-refractivity contribution in [3.05, 3.63) is 72.1 Å². The van der Waals surface area contributed by atoms with E-state index in [0.29, 0.717) is 29.2 Å². The molecular weight excluding hydrogens is 384 g/mol. The predicted molar refractivity (Wildman–Crippen MR) is 110 cm³/mol. The number of furan rings is 1. The summed E-state index contributed by atoms with van der Waals surface area (Å²) in [4.78, 5) is 24.8. The molecule has 0 atom stereocenters. The zero-order valence-electron chi connectivity index (χ0n) is 15.7. The first-order chi connectivity index (χ1) is 14.7. The number of hydrogen-bond acceptors (Lipinski definition) is 8. The Hall–Kier alpha value is -4.27. The summed E-state index contributed by atoms with van der Waals surface area (Å²) in [6.45, 7) is 0. The summed E-state index contributed by atoms with van der Waals surface area (Å²) in [5.74, 6) is 0.0471. The van der Waals surface area contributed by atoms with E-state index in [2.05, 4.69) is 30.7 Å². The van der Waals surface area contributed by atoms with Crippen LogP contribution in [0.25, 0.3) is 11.0 Å². The van der Waals surface area contributed by atoms with Gasteiger partial charge in [-0.25, -0.2) is 9.97 Å². The summed E-state index contributed by atoms with van der Waals surface area (Å²) in [6.07, 6.45) is 7.59. The average molecular weight is 400 g/mol. The van der Waals surface area contributed by atoms with Crippen LogP contribution in [0, 0.1) is 0 Å². The maximum Gasteiger partial charge on any atom is 0.294 e. The van der Waals surface area contributed by atoms with Gasteiger partial charge in [-0.1, -0.05) is 11.2 Å². The molecule has 0 fully saturated rings. The Bertz CT molecular complexity index is 1280. The largest absolute Gasteiger partial charge is 0.447 e. The highest BCUT2D eigenvalue weighted by atomic mass is 16.4. The minimum atomic E-state index is -0.441. The summed E-state index contributed by atoms with van der Waals surface area (Å²) < 4.78 is 5.80. The minimum absolute atomic E-state index is 0.120. The molecule has 4 aromatic rings. The number of amides is 1. The molecule has 3 aromatic heterocycles. The van der Waals surface area contributed by atoms with E-state index < -0.39 is 5.91 Å². The summed E-state index contributed by atoms with van der Waals surface area (Å²) in [5, 5.41) is 19.2. The van der Waals surface area contributed by atoms with Crippen molar-refractivity contribution < 1.29 is 14.4 Å². The molecule has 30 heavy (non-hydrogen) atoms. The molecule has 0 radical (unpaired) electrons. The van der Waals surface area contributed by atoms with Gasteiger partial charge < -0.3 is 20.3 Å². The Labute approximate surface area is 170 Å². The van der Waals surface area contributed by atoms with Crippen LogP contribution in [0.4, 0.5) is 17.2 Å². The third kappa shape index (κ3) is 3.12. The number of carbonyl (C=O) groups excluding carboxylic acids is 1. The quantitative estimate of drug-likeness (QED) is 0.352. The second kappa shape index (κ2) is 7.28. The molecule has 0 spiro atoms. The molecule has 1 aromatic carbocycles. The zero-order chi connectivity index (χ0) is 20.5. The summed E-state index contributed by atoms with van der Waals surface area (Å²) in [6, 6.07) is 9.15.